The lowest BCUT2D eigenvalue weighted by Crippen LogP contribution is -2.36. The van der Waals surface area contributed by atoms with Crippen molar-refractivity contribution in [2.24, 2.45) is 5.92 Å². The van der Waals surface area contributed by atoms with Gasteiger partial charge in [0.15, 0.2) is 0 Å². The SMILES string of the molecule is CCC(C)C(=O)Nc1ccc(-c2ccnc(Cc3ccc(N4CCOCC4)cc3)n2)cc1C#N. The Bertz CT molecular complexity index is 1180. The largest absolute Gasteiger partial charge is 0.378 e. The lowest BCUT2D eigenvalue weighted by Gasteiger charge is -2.28. The summed E-state index contributed by atoms with van der Waals surface area (Å²) in [6.45, 7) is 7.19. The first kappa shape index (κ1) is 23.4. The van der Waals surface area contributed by atoms with Gasteiger partial charge in [-0.2, -0.15) is 5.26 Å². The maximum absolute atomic E-state index is 12.2. The first-order valence-corrected chi connectivity index (χ1v) is 11.7. The zero-order valence-corrected chi connectivity index (χ0v) is 19.6. The highest BCUT2D eigenvalue weighted by molar-refractivity contribution is 5.94. The van der Waals surface area contributed by atoms with Gasteiger partial charge in [-0.15, -0.1) is 0 Å². The van der Waals surface area contributed by atoms with Crippen LogP contribution in [0.2, 0.25) is 0 Å². The summed E-state index contributed by atoms with van der Waals surface area (Å²) in [6.07, 6.45) is 3.10. The summed E-state index contributed by atoms with van der Waals surface area (Å²) < 4.78 is 5.43. The Balaban J connectivity index is 1.49. The van der Waals surface area contributed by atoms with E-state index in [1.54, 1.807) is 18.3 Å². The van der Waals surface area contributed by atoms with E-state index in [1.165, 1.54) is 5.69 Å². The molecule has 3 aromatic rings. The molecule has 2 aromatic carbocycles. The van der Waals surface area contributed by atoms with Crippen LogP contribution in [0.4, 0.5) is 11.4 Å². The van der Waals surface area contributed by atoms with Gasteiger partial charge >= 0.3 is 0 Å². The molecule has 1 aromatic heterocycles. The first-order chi connectivity index (χ1) is 16.6. The molecule has 1 N–H and O–H groups in total. The third kappa shape index (κ3) is 5.59. The van der Waals surface area contributed by atoms with Crippen LogP contribution < -0.4 is 10.2 Å². The van der Waals surface area contributed by atoms with Crippen molar-refractivity contribution < 1.29 is 9.53 Å². The number of carbonyl (C=O) groups excluding carboxylic acids is 1. The van der Waals surface area contributed by atoms with Crippen LogP contribution in [0.5, 0.6) is 0 Å². The van der Waals surface area contributed by atoms with Crippen molar-refractivity contribution >= 4 is 17.3 Å². The van der Waals surface area contributed by atoms with Crippen LogP contribution in [0.3, 0.4) is 0 Å². The highest BCUT2D eigenvalue weighted by Crippen LogP contribution is 2.25. The lowest BCUT2D eigenvalue weighted by molar-refractivity contribution is -0.119. The van der Waals surface area contributed by atoms with Crippen LogP contribution in [0, 0.1) is 17.2 Å². The molecule has 0 aliphatic carbocycles. The van der Waals surface area contributed by atoms with E-state index in [1.807, 2.05) is 26.0 Å². The quantitative estimate of drug-likeness (QED) is 0.567. The van der Waals surface area contributed by atoms with Crippen molar-refractivity contribution in [1.29, 1.82) is 5.26 Å². The van der Waals surface area contributed by atoms with Gasteiger partial charge in [0.2, 0.25) is 5.91 Å². The van der Waals surface area contributed by atoms with E-state index in [4.69, 9.17) is 9.72 Å². The predicted octanol–water partition coefficient (Wildman–Crippen LogP) is 4.43. The average molecular weight is 456 g/mol. The number of ether oxygens (including phenoxy) is 1. The minimum Gasteiger partial charge on any atom is -0.378 e. The average Bonchev–Trinajstić information content (AvgIpc) is 2.89. The molecule has 0 saturated carbocycles. The highest BCUT2D eigenvalue weighted by Gasteiger charge is 2.14. The Labute approximate surface area is 200 Å². The summed E-state index contributed by atoms with van der Waals surface area (Å²) in [4.78, 5) is 23.7. The number of anilines is 2. The number of hydrogen-bond acceptors (Lipinski definition) is 6. The summed E-state index contributed by atoms with van der Waals surface area (Å²) in [5.74, 6) is 0.513. The minimum absolute atomic E-state index is 0.0873. The number of hydrogen-bond donors (Lipinski definition) is 1. The molecule has 174 valence electrons. The van der Waals surface area contributed by atoms with Crippen LogP contribution in [-0.2, 0) is 16.0 Å². The Morgan fingerprint density at radius 3 is 2.65 bits per heavy atom. The van der Waals surface area contributed by atoms with Gasteiger partial charge < -0.3 is 15.0 Å². The van der Waals surface area contributed by atoms with Crippen LogP contribution in [-0.4, -0.2) is 42.2 Å². The van der Waals surface area contributed by atoms with Crippen molar-refractivity contribution in [3.05, 3.63) is 71.7 Å². The molecule has 2 heterocycles. The van der Waals surface area contributed by atoms with Crippen LogP contribution in [0.15, 0.2) is 54.7 Å². The summed E-state index contributed by atoms with van der Waals surface area (Å²) in [7, 11) is 0. The van der Waals surface area contributed by atoms with Gasteiger partial charge in [-0.3, -0.25) is 4.79 Å². The molecule has 0 spiro atoms. The number of benzene rings is 2. The van der Waals surface area contributed by atoms with Crippen LogP contribution >= 0.6 is 0 Å². The van der Waals surface area contributed by atoms with Gasteiger partial charge in [0.1, 0.15) is 11.9 Å². The van der Waals surface area contributed by atoms with Crippen molar-refractivity contribution in [3.8, 4) is 17.3 Å². The van der Waals surface area contributed by atoms with E-state index in [9.17, 15) is 10.1 Å². The normalized spacial score (nSPS) is 14.3. The van der Waals surface area contributed by atoms with Crippen molar-refractivity contribution in [3.63, 3.8) is 0 Å². The Kier molecular flexibility index (Phi) is 7.51. The number of carbonyl (C=O) groups is 1. The number of nitrogens with one attached hydrogen (secondary N) is 1. The smallest absolute Gasteiger partial charge is 0.227 e. The van der Waals surface area contributed by atoms with E-state index in [-0.39, 0.29) is 11.8 Å². The number of rotatable bonds is 7. The summed E-state index contributed by atoms with van der Waals surface area (Å²) in [5.41, 5.74) is 4.82. The molecule has 1 amide bonds. The van der Waals surface area contributed by atoms with Crippen LogP contribution in [0.1, 0.15) is 37.2 Å². The van der Waals surface area contributed by atoms with Gasteiger partial charge in [-0.25, -0.2) is 9.97 Å². The molecular formula is C27H29N5O2. The monoisotopic (exact) mass is 455 g/mol. The second kappa shape index (κ2) is 10.9. The van der Waals surface area contributed by atoms with Gasteiger partial charge in [-0.1, -0.05) is 32.0 Å². The second-order valence-corrected chi connectivity index (χ2v) is 8.47. The van der Waals surface area contributed by atoms with E-state index in [2.05, 4.69) is 45.5 Å². The second-order valence-electron chi connectivity index (χ2n) is 8.47. The molecule has 7 nitrogen and oxygen atoms in total. The predicted molar refractivity (Wildman–Crippen MR) is 133 cm³/mol. The maximum atomic E-state index is 12.2. The zero-order chi connectivity index (χ0) is 23.9. The Morgan fingerprint density at radius 1 is 1.18 bits per heavy atom. The number of amides is 1. The highest BCUT2D eigenvalue weighted by atomic mass is 16.5. The molecular weight excluding hydrogens is 426 g/mol. The summed E-state index contributed by atoms with van der Waals surface area (Å²) in [5, 5.41) is 12.5. The van der Waals surface area contributed by atoms with Crippen molar-refractivity contribution in [2.45, 2.75) is 26.7 Å². The van der Waals surface area contributed by atoms with Crippen LogP contribution in [0.25, 0.3) is 11.3 Å². The van der Waals surface area contributed by atoms with E-state index >= 15 is 0 Å². The maximum Gasteiger partial charge on any atom is 0.227 e. The molecule has 34 heavy (non-hydrogen) atoms. The minimum atomic E-state index is -0.112. The molecule has 1 fully saturated rings. The zero-order valence-electron chi connectivity index (χ0n) is 19.6. The third-order valence-electron chi connectivity index (χ3n) is 6.13. The number of nitriles is 1. The molecule has 0 radical (unpaired) electrons. The number of nitrogens with zero attached hydrogens (tertiary/aromatic N) is 4. The Morgan fingerprint density at radius 2 is 1.94 bits per heavy atom. The standard InChI is InChI=1S/C27H29N5O2/c1-3-19(2)27(33)31-24-9-6-21(17-22(24)18-28)25-10-11-29-26(30-25)16-20-4-7-23(8-5-20)32-12-14-34-15-13-32/h4-11,17,19H,3,12-16H2,1-2H3,(H,31,33). The van der Waals surface area contributed by atoms with E-state index < -0.39 is 0 Å². The first-order valence-electron chi connectivity index (χ1n) is 11.7. The molecule has 1 saturated heterocycles. The third-order valence-corrected chi connectivity index (χ3v) is 6.13. The fourth-order valence-corrected chi connectivity index (χ4v) is 3.82. The number of aromatic nitrogens is 2. The lowest BCUT2D eigenvalue weighted by atomic mass is 10.0. The topological polar surface area (TPSA) is 91.1 Å². The van der Waals surface area contributed by atoms with Crippen molar-refractivity contribution in [2.75, 3.05) is 36.5 Å². The number of morpholine rings is 1. The van der Waals surface area contributed by atoms with Gasteiger partial charge in [0.05, 0.1) is 30.2 Å². The fourth-order valence-electron chi connectivity index (χ4n) is 3.82. The van der Waals surface area contributed by atoms with Crippen molar-refractivity contribution in [1.82, 2.24) is 9.97 Å². The van der Waals surface area contributed by atoms with Gasteiger partial charge in [0.25, 0.3) is 0 Å². The van der Waals surface area contributed by atoms with E-state index in [0.717, 1.165) is 49.5 Å². The Hall–Kier alpha value is -3.76. The summed E-state index contributed by atoms with van der Waals surface area (Å²) >= 11 is 0. The van der Waals surface area contributed by atoms with Gasteiger partial charge in [-0.05, 0) is 42.3 Å². The molecule has 1 aliphatic heterocycles. The molecule has 1 aliphatic rings. The summed E-state index contributed by atoms with van der Waals surface area (Å²) in [6, 6.07) is 17.9. The molecule has 4 rings (SSSR count). The van der Waals surface area contributed by atoms with E-state index in [0.29, 0.717) is 23.5 Å². The molecule has 0 bridgehead atoms. The molecule has 7 heteroatoms. The van der Waals surface area contributed by atoms with Gasteiger partial charge in [0, 0.05) is 42.9 Å². The fraction of sp³-hybridized carbons (Fsp3) is 0.333. The molecule has 1 atom stereocenters. The molecule has 1 unspecified atom stereocenters.